The van der Waals surface area contributed by atoms with Crippen molar-refractivity contribution >= 4 is 11.6 Å². The number of phenolic OH excluding ortho intramolecular Hbond substituents is 1. The number of nitrogens with one attached hydrogen (secondary N) is 1. The standard InChI is InChI=1S/C17H18N4O4/c1-25-16(23)15(12-5-4-6-13(22)11-12)18-8-10-21-17(24)20-9-3-2-7-14(20)19-21/h2-7,9,11,15,18,22H,8,10H2,1H3. The first-order chi connectivity index (χ1) is 12.1. The summed E-state index contributed by atoms with van der Waals surface area (Å²) < 4.78 is 7.59. The Morgan fingerprint density at radius 3 is 2.88 bits per heavy atom. The second-order valence-electron chi connectivity index (χ2n) is 5.44. The number of fused-ring (bicyclic) bond motifs is 1. The minimum Gasteiger partial charge on any atom is -0.508 e. The van der Waals surface area contributed by atoms with Crippen LogP contribution in [0.25, 0.3) is 5.65 Å². The Morgan fingerprint density at radius 1 is 1.32 bits per heavy atom. The number of methoxy groups -OCH3 is 1. The molecule has 0 fully saturated rings. The Kier molecular flexibility index (Phi) is 4.80. The number of pyridine rings is 1. The van der Waals surface area contributed by atoms with Gasteiger partial charge in [0.25, 0.3) is 0 Å². The predicted octanol–water partition coefficient (Wildman–Crippen LogP) is 0.705. The summed E-state index contributed by atoms with van der Waals surface area (Å²) in [5.74, 6) is -0.419. The minimum atomic E-state index is -0.746. The van der Waals surface area contributed by atoms with Crippen molar-refractivity contribution in [2.75, 3.05) is 13.7 Å². The Morgan fingerprint density at radius 2 is 2.16 bits per heavy atom. The van der Waals surface area contributed by atoms with Crippen LogP contribution in [0.15, 0.2) is 53.5 Å². The van der Waals surface area contributed by atoms with E-state index in [2.05, 4.69) is 10.4 Å². The Balaban J connectivity index is 1.74. The number of hydrogen-bond acceptors (Lipinski definition) is 6. The largest absolute Gasteiger partial charge is 0.508 e. The van der Waals surface area contributed by atoms with Gasteiger partial charge in [0, 0.05) is 12.7 Å². The molecule has 0 spiro atoms. The molecule has 8 nitrogen and oxygen atoms in total. The summed E-state index contributed by atoms with van der Waals surface area (Å²) in [4.78, 5) is 24.2. The first-order valence-electron chi connectivity index (χ1n) is 7.74. The van der Waals surface area contributed by atoms with E-state index in [-0.39, 0.29) is 18.0 Å². The molecule has 0 bridgehead atoms. The third-order valence-electron chi connectivity index (χ3n) is 3.80. The highest BCUT2D eigenvalue weighted by atomic mass is 16.5. The van der Waals surface area contributed by atoms with Gasteiger partial charge in [0.1, 0.15) is 11.8 Å². The van der Waals surface area contributed by atoms with Crippen LogP contribution in [0.4, 0.5) is 0 Å². The molecule has 0 aliphatic carbocycles. The molecule has 2 heterocycles. The number of esters is 1. The van der Waals surface area contributed by atoms with Crippen molar-refractivity contribution in [2.45, 2.75) is 12.6 Å². The molecule has 0 aliphatic heterocycles. The smallest absolute Gasteiger partial charge is 0.350 e. The van der Waals surface area contributed by atoms with Gasteiger partial charge in [-0.2, -0.15) is 0 Å². The molecule has 2 aromatic heterocycles. The van der Waals surface area contributed by atoms with Crippen LogP contribution < -0.4 is 11.0 Å². The van der Waals surface area contributed by atoms with Gasteiger partial charge in [-0.15, -0.1) is 5.10 Å². The van der Waals surface area contributed by atoms with Gasteiger partial charge in [-0.3, -0.25) is 9.72 Å². The molecule has 0 amide bonds. The maximum atomic E-state index is 12.2. The van der Waals surface area contributed by atoms with E-state index in [1.54, 1.807) is 36.5 Å². The van der Waals surface area contributed by atoms with Gasteiger partial charge in [0.15, 0.2) is 5.65 Å². The second kappa shape index (κ2) is 7.18. The SMILES string of the molecule is COC(=O)C(NCCn1nc2ccccn2c1=O)c1cccc(O)c1. The fourth-order valence-electron chi connectivity index (χ4n) is 2.59. The molecular weight excluding hydrogens is 324 g/mol. The molecule has 2 N–H and O–H groups in total. The molecule has 1 aromatic carbocycles. The predicted molar refractivity (Wildman–Crippen MR) is 90.3 cm³/mol. The molecule has 3 aromatic rings. The van der Waals surface area contributed by atoms with Gasteiger partial charge < -0.3 is 9.84 Å². The molecule has 8 heteroatoms. The average molecular weight is 342 g/mol. The summed E-state index contributed by atoms with van der Waals surface area (Å²) in [5.41, 5.74) is 0.892. The molecule has 0 radical (unpaired) electrons. The first-order valence-corrected chi connectivity index (χ1v) is 7.74. The summed E-state index contributed by atoms with van der Waals surface area (Å²) in [5, 5.41) is 16.9. The van der Waals surface area contributed by atoms with Gasteiger partial charge in [0.2, 0.25) is 0 Å². The first kappa shape index (κ1) is 16.7. The third-order valence-corrected chi connectivity index (χ3v) is 3.80. The van der Waals surface area contributed by atoms with E-state index in [1.807, 2.05) is 0 Å². The van der Waals surface area contributed by atoms with Gasteiger partial charge in [-0.25, -0.2) is 14.3 Å². The lowest BCUT2D eigenvalue weighted by Gasteiger charge is -2.16. The summed E-state index contributed by atoms with van der Waals surface area (Å²) in [6, 6.07) is 10.9. The van der Waals surface area contributed by atoms with Crippen LogP contribution in [0.1, 0.15) is 11.6 Å². The van der Waals surface area contributed by atoms with Crippen LogP contribution in [0.2, 0.25) is 0 Å². The molecule has 3 rings (SSSR count). The summed E-state index contributed by atoms with van der Waals surface area (Å²) in [7, 11) is 1.30. The maximum Gasteiger partial charge on any atom is 0.350 e. The van der Waals surface area contributed by atoms with Crippen molar-refractivity contribution in [3.8, 4) is 5.75 Å². The number of rotatable bonds is 6. The number of hydrogen-bond donors (Lipinski definition) is 2. The van der Waals surface area contributed by atoms with Crippen molar-refractivity contribution in [3.05, 3.63) is 64.7 Å². The zero-order chi connectivity index (χ0) is 17.8. The van der Waals surface area contributed by atoms with E-state index in [1.165, 1.54) is 28.3 Å². The van der Waals surface area contributed by atoms with Gasteiger partial charge in [0.05, 0.1) is 13.7 Å². The van der Waals surface area contributed by atoms with Gasteiger partial charge in [-0.05, 0) is 29.8 Å². The fourth-order valence-corrected chi connectivity index (χ4v) is 2.59. The summed E-state index contributed by atoms with van der Waals surface area (Å²) in [6.07, 6.45) is 1.65. The monoisotopic (exact) mass is 342 g/mol. The molecule has 1 unspecified atom stereocenters. The summed E-state index contributed by atoms with van der Waals surface area (Å²) >= 11 is 0. The lowest BCUT2D eigenvalue weighted by atomic mass is 10.1. The van der Waals surface area contributed by atoms with Crippen molar-refractivity contribution < 1.29 is 14.6 Å². The highest BCUT2D eigenvalue weighted by molar-refractivity contribution is 5.77. The number of ether oxygens (including phenoxy) is 1. The molecule has 0 saturated heterocycles. The van der Waals surface area contributed by atoms with E-state index in [0.717, 1.165) is 0 Å². The van der Waals surface area contributed by atoms with E-state index in [4.69, 9.17) is 4.74 Å². The van der Waals surface area contributed by atoms with Crippen LogP contribution in [0, 0.1) is 0 Å². The number of carbonyl (C=O) groups excluding carboxylic acids is 1. The van der Waals surface area contributed by atoms with Crippen LogP contribution in [-0.2, 0) is 16.1 Å². The number of carbonyl (C=O) groups is 1. The zero-order valence-electron chi connectivity index (χ0n) is 13.6. The van der Waals surface area contributed by atoms with Crippen molar-refractivity contribution in [2.24, 2.45) is 0 Å². The van der Waals surface area contributed by atoms with E-state index in [0.29, 0.717) is 17.8 Å². The lowest BCUT2D eigenvalue weighted by Crippen LogP contribution is -2.34. The molecule has 1 atom stereocenters. The van der Waals surface area contributed by atoms with Gasteiger partial charge >= 0.3 is 11.7 Å². The highest BCUT2D eigenvalue weighted by Gasteiger charge is 2.21. The Bertz CT molecular complexity index is 947. The Labute approximate surface area is 143 Å². The lowest BCUT2D eigenvalue weighted by molar-refractivity contribution is -0.143. The number of aromatic nitrogens is 3. The van der Waals surface area contributed by atoms with Crippen LogP contribution in [-0.4, -0.2) is 38.9 Å². The number of phenols is 1. The summed E-state index contributed by atoms with van der Waals surface area (Å²) in [6.45, 7) is 0.603. The quantitative estimate of drug-likeness (QED) is 0.640. The van der Waals surface area contributed by atoms with Crippen LogP contribution in [0.5, 0.6) is 5.75 Å². The zero-order valence-corrected chi connectivity index (χ0v) is 13.6. The molecule has 0 aliphatic rings. The van der Waals surface area contributed by atoms with Gasteiger partial charge in [-0.1, -0.05) is 18.2 Å². The number of nitrogens with zero attached hydrogens (tertiary/aromatic N) is 3. The molecule has 25 heavy (non-hydrogen) atoms. The normalized spacial score (nSPS) is 12.2. The van der Waals surface area contributed by atoms with E-state index >= 15 is 0 Å². The molecule has 130 valence electrons. The maximum absolute atomic E-state index is 12.2. The van der Waals surface area contributed by atoms with E-state index in [9.17, 15) is 14.7 Å². The third kappa shape index (κ3) is 3.53. The Hall–Kier alpha value is -3.13. The molecular formula is C17H18N4O4. The van der Waals surface area contributed by atoms with Crippen LogP contribution >= 0.6 is 0 Å². The van der Waals surface area contributed by atoms with E-state index < -0.39 is 12.0 Å². The average Bonchev–Trinajstić information content (AvgIpc) is 2.94. The van der Waals surface area contributed by atoms with Crippen LogP contribution in [0.3, 0.4) is 0 Å². The molecule has 0 saturated carbocycles. The number of benzene rings is 1. The van der Waals surface area contributed by atoms with Crippen molar-refractivity contribution in [1.82, 2.24) is 19.5 Å². The van der Waals surface area contributed by atoms with Crippen molar-refractivity contribution in [1.29, 1.82) is 0 Å². The highest BCUT2D eigenvalue weighted by Crippen LogP contribution is 2.19. The number of aromatic hydroxyl groups is 1. The van der Waals surface area contributed by atoms with Crippen molar-refractivity contribution in [3.63, 3.8) is 0 Å². The topological polar surface area (TPSA) is 97.9 Å². The minimum absolute atomic E-state index is 0.0600. The second-order valence-corrected chi connectivity index (χ2v) is 5.44. The fraction of sp³-hybridized carbons (Fsp3) is 0.235.